The Morgan fingerprint density at radius 2 is 1.00 bits per heavy atom. The lowest BCUT2D eigenvalue weighted by atomic mass is 10.1. The molecule has 1 aromatic rings. The molecular formula is C26H34Si2. The van der Waals surface area contributed by atoms with E-state index in [-0.39, 0.29) is 0 Å². The summed E-state index contributed by atoms with van der Waals surface area (Å²) < 4.78 is 0. The quantitative estimate of drug-likeness (QED) is 0.400. The van der Waals surface area contributed by atoms with Gasteiger partial charge in [0.05, 0.1) is 0 Å². The minimum absolute atomic E-state index is 0.616. The predicted molar refractivity (Wildman–Crippen MR) is 130 cm³/mol. The van der Waals surface area contributed by atoms with Gasteiger partial charge < -0.3 is 0 Å². The average molecular weight is 403 g/mol. The van der Waals surface area contributed by atoms with Gasteiger partial charge in [0.2, 0.25) is 0 Å². The largest absolute Gasteiger partial charge is 0.147 e. The van der Waals surface area contributed by atoms with Gasteiger partial charge in [-0.15, -0.1) is 11.1 Å². The lowest BCUT2D eigenvalue weighted by molar-refractivity contribution is 0.838. The SMILES string of the molecule is CC(C)[Si](C#CC#Cc1ccccc1C#CC#C[Si](C)(C)C)(C(C)C)C(C)C. The Balaban J connectivity index is 3.21. The molecule has 0 aromatic heterocycles. The molecule has 146 valence electrons. The molecule has 2 heteroatoms. The average Bonchev–Trinajstić information content (AvgIpc) is 2.58. The molecule has 0 aliphatic carbocycles. The van der Waals surface area contributed by atoms with E-state index in [4.69, 9.17) is 0 Å². The van der Waals surface area contributed by atoms with Gasteiger partial charge in [-0.05, 0) is 52.4 Å². The highest BCUT2D eigenvalue weighted by Crippen LogP contribution is 2.40. The Morgan fingerprint density at radius 1 is 0.607 bits per heavy atom. The number of benzene rings is 1. The van der Waals surface area contributed by atoms with Gasteiger partial charge in [0.1, 0.15) is 16.1 Å². The van der Waals surface area contributed by atoms with Crippen molar-refractivity contribution >= 4 is 16.1 Å². The second kappa shape index (κ2) is 10.4. The van der Waals surface area contributed by atoms with Crippen LogP contribution in [0.4, 0.5) is 0 Å². The van der Waals surface area contributed by atoms with Crippen molar-refractivity contribution in [3.63, 3.8) is 0 Å². The molecule has 1 rings (SSSR count). The fourth-order valence-electron chi connectivity index (χ4n) is 3.69. The molecule has 0 heterocycles. The molecule has 0 amide bonds. The van der Waals surface area contributed by atoms with E-state index < -0.39 is 16.1 Å². The van der Waals surface area contributed by atoms with E-state index in [0.29, 0.717) is 16.6 Å². The van der Waals surface area contributed by atoms with Crippen LogP contribution in [-0.2, 0) is 0 Å². The third-order valence-electron chi connectivity index (χ3n) is 5.03. The van der Waals surface area contributed by atoms with Crippen molar-refractivity contribution in [2.24, 2.45) is 0 Å². The molecule has 0 saturated heterocycles. The van der Waals surface area contributed by atoms with E-state index >= 15 is 0 Å². The van der Waals surface area contributed by atoms with E-state index in [0.717, 1.165) is 11.1 Å². The summed E-state index contributed by atoms with van der Waals surface area (Å²) >= 11 is 0. The van der Waals surface area contributed by atoms with E-state index in [9.17, 15) is 0 Å². The fraction of sp³-hybridized carbons (Fsp3) is 0.462. The van der Waals surface area contributed by atoms with E-state index in [1.165, 1.54) is 0 Å². The van der Waals surface area contributed by atoms with Gasteiger partial charge in [-0.1, -0.05) is 85.2 Å². The minimum Gasteiger partial charge on any atom is -0.118 e. The summed E-state index contributed by atoms with van der Waals surface area (Å²) in [5.41, 5.74) is 10.6. The van der Waals surface area contributed by atoms with Crippen molar-refractivity contribution in [2.75, 3.05) is 0 Å². The Bertz CT molecular complexity index is 890. The normalized spacial score (nSPS) is 10.9. The van der Waals surface area contributed by atoms with E-state index in [1.54, 1.807) is 0 Å². The van der Waals surface area contributed by atoms with Gasteiger partial charge >= 0.3 is 0 Å². The first kappa shape index (κ1) is 23.9. The van der Waals surface area contributed by atoms with Gasteiger partial charge in [0, 0.05) is 11.1 Å². The molecule has 0 nitrogen and oxygen atoms in total. The van der Waals surface area contributed by atoms with Gasteiger partial charge in [0.25, 0.3) is 0 Å². The zero-order valence-corrected chi connectivity index (χ0v) is 21.0. The number of hydrogen-bond donors (Lipinski definition) is 0. The van der Waals surface area contributed by atoms with Gasteiger partial charge in [0.15, 0.2) is 0 Å². The lowest BCUT2D eigenvalue weighted by Crippen LogP contribution is -2.43. The van der Waals surface area contributed by atoms with Crippen LogP contribution in [0.2, 0.25) is 36.3 Å². The number of hydrogen-bond acceptors (Lipinski definition) is 0. The fourth-order valence-corrected chi connectivity index (χ4v) is 9.27. The third-order valence-corrected chi connectivity index (χ3v) is 12.2. The zero-order chi connectivity index (χ0) is 21.4. The first-order valence-corrected chi connectivity index (χ1v) is 15.9. The summed E-state index contributed by atoms with van der Waals surface area (Å²) in [6, 6.07) is 7.98. The second-order valence-electron chi connectivity index (χ2n) is 9.19. The van der Waals surface area contributed by atoms with Crippen LogP contribution < -0.4 is 0 Å². The molecule has 0 aliphatic heterocycles. The van der Waals surface area contributed by atoms with Crippen LogP contribution >= 0.6 is 0 Å². The number of rotatable bonds is 3. The molecule has 0 bridgehead atoms. The van der Waals surface area contributed by atoms with Crippen LogP contribution in [0, 0.1) is 46.6 Å². The highest BCUT2D eigenvalue weighted by atomic mass is 28.3. The van der Waals surface area contributed by atoms with Crippen molar-refractivity contribution < 1.29 is 0 Å². The molecule has 0 aliphatic rings. The van der Waals surface area contributed by atoms with E-state index in [2.05, 4.69) is 108 Å². The van der Waals surface area contributed by atoms with Crippen molar-refractivity contribution in [1.29, 1.82) is 0 Å². The Hall–Kier alpha value is -2.11. The van der Waals surface area contributed by atoms with Gasteiger partial charge in [-0.2, -0.15) is 0 Å². The first-order valence-electron chi connectivity index (χ1n) is 10.2. The van der Waals surface area contributed by atoms with Crippen molar-refractivity contribution in [3.05, 3.63) is 35.4 Å². The van der Waals surface area contributed by atoms with Crippen molar-refractivity contribution in [2.45, 2.75) is 77.8 Å². The Morgan fingerprint density at radius 3 is 1.36 bits per heavy atom. The van der Waals surface area contributed by atoms with Crippen molar-refractivity contribution in [3.8, 4) is 46.6 Å². The summed E-state index contributed by atoms with van der Waals surface area (Å²) in [7, 11) is -3.12. The maximum absolute atomic E-state index is 3.65. The summed E-state index contributed by atoms with van der Waals surface area (Å²) in [5.74, 6) is 18.7. The monoisotopic (exact) mass is 402 g/mol. The molecule has 0 saturated carbocycles. The van der Waals surface area contributed by atoms with Gasteiger partial charge in [-0.3, -0.25) is 0 Å². The Kier molecular flexibility index (Phi) is 8.92. The maximum atomic E-state index is 3.65. The predicted octanol–water partition coefficient (Wildman–Crippen LogP) is 6.49. The summed E-state index contributed by atoms with van der Waals surface area (Å²) in [6.45, 7) is 20.6. The smallest absolute Gasteiger partial charge is 0.118 e. The Labute approximate surface area is 175 Å². The maximum Gasteiger partial charge on any atom is 0.147 e. The summed E-state index contributed by atoms with van der Waals surface area (Å²) in [5, 5.41) is 0. The topological polar surface area (TPSA) is 0 Å². The van der Waals surface area contributed by atoms with E-state index in [1.807, 2.05) is 24.3 Å². The first-order chi connectivity index (χ1) is 13.0. The molecule has 0 fully saturated rings. The van der Waals surface area contributed by atoms with Crippen LogP contribution in [0.3, 0.4) is 0 Å². The van der Waals surface area contributed by atoms with Crippen LogP contribution in [0.1, 0.15) is 52.7 Å². The van der Waals surface area contributed by atoms with Crippen molar-refractivity contribution in [1.82, 2.24) is 0 Å². The molecule has 28 heavy (non-hydrogen) atoms. The highest BCUT2D eigenvalue weighted by molar-refractivity contribution is 6.90. The molecule has 0 unspecified atom stereocenters. The zero-order valence-electron chi connectivity index (χ0n) is 19.0. The van der Waals surface area contributed by atoms with Crippen LogP contribution in [0.25, 0.3) is 0 Å². The molecular weight excluding hydrogens is 368 g/mol. The lowest BCUT2D eigenvalue weighted by Gasteiger charge is -2.37. The second-order valence-corrected chi connectivity index (χ2v) is 19.5. The molecule has 0 atom stereocenters. The van der Waals surface area contributed by atoms with Crippen LogP contribution in [0.5, 0.6) is 0 Å². The van der Waals surface area contributed by atoms with Crippen LogP contribution in [-0.4, -0.2) is 16.1 Å². The van der Waals surface area contributed by atoms with Crippen LogP contribution in [0.15, 0.2) is 24.3 Å². The molecule has 0 spiro atoms. The standard InChI is InChI=1S/C26H34Si2/c1-22(2)28(23(3)4,24(5)6)21-15-13-19-26-17-11-10-16-25(26)18-12-14-20-27(7,8)9/h10-11,16-17,22-24H,1-9H3. The molecule has 0 N–H and O–H groups in total. The summed E-state index contributed by atoms with van der Waals surface area (Å²) in [4.78, 5) is 0. The molecule has 0 radical (unpaired) electrons. The third kappa shape index (κ3) is 6.81. The summed E-state index contributed by atoms with van der Waals surface area (Å²) in [6.07, 6.45) is 0. The molecule has 1 aromatic carbocycles. The van der Waals surface area contributed by atoms with Gasteiger partial charge in [-0.25, -0.2) is 0 Å². The minimum atomic E-state index is -1.73. The highest BCUT2D eigenvalue weighted by Gasteiger charge is 2.41.